The van der Waals surface area contributed by atoms with Gasteiger partial charge in [0, 0.05) is 23.7 Å². The lowest BCUT2D eigenvalue weighted by molar-refractivity contribution is 0.0998. The summed E-state index contributed by atoms with van der Waals surface area (Å²) in [6.07, 6.45) is 6.85. The third kappa shape index (κ3) is 3.63. The molecule has 2 aliphatic rings. The van der Waals surface area contributed by atoms with Crippen LogP contribution in [0.2, 0.25) is 0 Å². The Balaban J connectivity index is 1.87. The van der Waals surface area contributed by atoms with Gasteiger partial charge in [-0.2, -0.15) is 17.0 Å². The maximum absolute atomic E-state index is 9.45. The van der Waals surface area contributed by atoms with Gasteiger partial charge in [-0.05, 0) is 45.1 Å². The molecule has 0 spiro atoms. The fourth-order valence-electron chi connectivity index (χ4n) is 3.06. The highest BCUT2D eigenvalue weighted by Gasteiger charge is 2.36. The Morgan fingerprint density at radius 3 is 2.78 bits per heavy atom. The Morgan fingerprint density at radius 2 is 2.11 bits per heavy atom. The zero-order chi connectivity index (χ0) is 12.8. The molecule has 0 aromatic rings. The smallest absolute Gasteiger partial charge is 0.107 e. The normalized spacial score (nSPS) is 34.1. The minimum absolute atomic E-state index is 0.254. The van der Waals surface area contributed by atoms with E-state index < -0.39 is 0 Å². The summed E-state index contributed by atoms with van der Waals surface area (Å²) in [5.41, 5.74) is -0.254. The van der Waals surface area contributed by atoms with Crippen LogP contribution in [0.25, 0.3) is 0 Å². The third-order valence-electron chi connectivity index (χ3n) is 3.99. The number of hydrogen-bond acceptors (Lipinski definition) is 4. The predicted octanol–water partition coefficient (Wildman–Crippen LogP) is 2.71. The van der Waals surface area contributed by atoms with Crippen LogP contribution in [0.1, 0.15) is 45.4 Å². The lowest BCUT2D eigenvalue weighted by atomic mass is 9.82. The summed E-state index contributed by atoms with van der Waals surface area (Å²) in [5, 5.41) is 14.3. The maximum Gasteiger partial charge on any atom is 0.107 e. The highest BCUT2D eigenvalue weighted by molar-refractivity contribution is 8.00. The van der Waals surface area contributed by atoms with E-state index in [0.717, 1.165) is 37.9 Å². The van der Waals surface area contributed by atoms with E-state index in [-0.39, 0.29) is 5.54 Å². The zero-order valence-electron chi connectivity index (χ0n) is 11.3. The molecule has 1 aliphatic heterocycles. The molecule has 1 saturated heterocycles. The number of nitriles is 1. The van der Waals surface area contributed by atoms with Gasteiger partial charge in [-0.3, -0.25) is 5.32 Å². The average Bonchev–Trinajstić information content (AvgIpc) is 2.41. The molecule has 2 atom stereocenters. The van der Waals surface area contributed by atoms with Gasteiger partial charge in [0.15, 0.2) is 0 Å². The molecule has 0 aromatic carbocycles. The van der Waals surface area contributed by atoms with E-state index in [0.29, 0.717) is 5.25 Å². The SMILES string of the molecule is CCNC1(C#N)CCCC(SC2CCOCC2)C1. The van der Waals surface area contributed by atoms with Gasteiger partial charge in [-0.25, -0.2) is 0 Å². The Kier molecular flexibility index (Phi) is 5.35. The van der Waals surface area contributed by atoms with Crippen molar-refractivity contribution in [3.63, 3.8) is 0 Å². The topological polar surface area (TPSA) is 45.0 Å². The van der Waals surface area contributed by atoms with Gasteiger partial charge in [0.2, 0.25) is 0 Å². The molecule has 0 radical (unpaired) electrons. The van der Waals surface area contributed by atoms with E-state index in [4.69, 9.17) is 4.74 Å². The first-order valence-corrected chi connectivity index (χ1v) is 8.12. The van der Waals surface area contributed by atoms with E-state index in [2.05, 4.69) is 30.1 Å². The molecule has 102 valence electrons. The molecule has 0 amide bonds. The van der Waals surface area contributed by atoms with Crippen molar-refractivity contribution in [3.8, 4) is 6.07 Å². The largest absolute Gasteiger partial charge is 0.381 e. The van der Waals surface area contributed by atoms with Crippen molar-refractivity contribution in [3.05, 3.63) is 0 Å². The van der Waals surface area contributed by atoms with Crippen molar-refractivity contribution in [1.29, 1.82) is 5.26 Å². The average molecular weight is 268 g/mol. The fourth-order valence-corrected chi connectivity index (χ4v) is 4.76. The van der Waals surface area contributed by atoms with Crippen LogP contribution in [0.15, 0.2) is 0 Å². The molecule has 4 heteroatoms. The molecule has 1 heterocycles. The van der Waals surface area contributed by atoms with Crippen molar-refractivity contribution in [2.45, 2.75) is 61.5 Å². The molecular formula is C14H24N2OS. The van der Waals surface area contributed by atoms with Crippen molar-refractivity contribution in [2.24, 2.45) is 0 Å². The summed E-state index contributed by atoms with van der Waals surface area (Å²) in [6.45, 7) is 4.82. The Hall–Kier alpha value is -0.240. The molecule has 3 nitrogen and oxygen atoms in total. The first-order valence-electron chi connectivity index (χ1n) is 7.17. The van der Waals surface area contributed by atoms with Gasteiger partial charge in [0.05, 0.1) is 6.07 Å². The lowest BCUT2D eigenvalue weighted by Gasteiger charge is -2.37. The number of thioether (sulfide) groups is 1. The van der Waals surface area contributed by atoms with Crippen LogP contribution in [0.4, 0.5) is 0 Å². The molecule has 1 aliphatic carbocycles. The second-order valence-electron chi connectivity index (χ2n) is 5.39. The van der Waals surface area contributed by atoms with E-state index in [9.17, 15) is 5.26 Å². The van der Waals surface area contributed by atoms with E-state index in [1.165, 1.54) is 25.7 Å². The van der Waals surface area contributed by atoms with Gasteiger partial charge < -0.3 is 4.74 Å². The number of hydrogen-bond donors (Lipinski definition) is 1. The monoisotopic (exact) mass is 268 g/mol. The first kappa shape index (κ1) is 14.2. The zero-order valence-corrected chi connectivity index (χ0v) is 12.1. The molecule has 1 saturated carbocycles. The first-order chi connectivity index (χ1) is 8.78. The Morgan fingerprint density at radius 1 is 1.33 bits per heavy atom. The molecule has 0 aromatic heterocycles. The van der Waals surface area contributed by atoms with Crippen LogP contribution in [0.5, 0.6) is 0 Å². The minimum Gasteiger partial charge on any atom is -0.381 e. The van der Waals surface area contributed by atoms with Crippen LogP contribution >= 0.6 is 11.8 Å². The predicted molar refractivity (Wildman–Crippen MR) is 75.7 cm³/mol. The molecule has 2 fully saturated rings. The van der Waals surface area contributed by atoms with Gasteiger partial charge in [-0.15, -0.1) is 0 Å². The molecule has 2 rings (SSSR count). The van der Waals surface area contributed by atoms with E-state index in [1.54, 1.807) is 0 Å². The summed E-state index contributed by atoms with van der Waals surface area (Å²) in [7, 11) is 0. The van der Waals surface area contributed by atoms with Gasteiger partial charge in [-0.1, -0.05) is 6.92 Å². The Bertz CT molecular complexity index is 295. The standard InChI is InChI=1S/C14H24N2OS/c1-2-16-14(11-15)7-3-4-13(10-14)18-12-5-8-17-9-6-12/h12-13,16H,2-10H2,1H3. The number of nitrogens with zero attached hydrogens (tertiary/aromatic N) is 1. The Labute approximate surface area is 115 Å². The van der Waals surface area contributed by atoms with Gasteiger partial charge in [0.25, 0.3) is 0 Å². The summed E-state index contributed by atoms with van der Waals surface area (Å²) in [4.78, 5) is 0. The quantitative estimate of drug-likeness (QED) is 0.851. The highest BCUT2D eigenvalue weighted by atomic mass is 32.2. The number of ether oxygens (including phenoxy) is 1. The maximum atomic E-state index is 9.45. The number of rotatable bonds is 4. The van der Waals surface area contributed by atoms with Gasteiger partial charge >= 0.3 is 0 Å². The highest BCUT2D eigenvalue weighted by Crippen LogP contribution is 2.38. The number of nitrogens with one attached hydrogen (secondary N) is 1. The van der Waals surface area contributed by atoms with Crippen LogP contribution < -0.4 is 5.32 Å². The van der Waals surface area contributed by atoms with Gasteiger partial charge in [0.1, 0.15) is 5.54 Å². The molecule has 1 N–H and O–H groups in total. The summed E-state index contributed by atoms with van der Waals surface area (Å²) in [6, 6.07) is 2.54. The summed E-state index contributed by atoms with van der Waals surface area (Å²) < 4.78 is 5.41. The third-order valence-corrected chi connectivity index (χ3v) is 5.63. The lowest BCUT2D eigenvalue weighted by Crippen LogP contribution is -2.48. The van der Waals surface area contributed by atoms with E-state index in [1.807, 2.05) is 0 Å². The molecular weight excluding hydrogens is 244 g/mol. The minimum atomic E-state index is -0.254. The summed E-state index contributed by atoms with van der Waals surface area (Å²) in [5.74, 6) is 0. The van der Waals surface area contributed by atoms with Crippen LogP contribution in [0, 0.1) is 11.3 Å². The van der Waals surface area contributed by atoms with Crippen LogP contribution in [-0.2, 0) is 4.74 Å². The van der Waals surface area contributed by atoms with E-state index >= 15 is 0 Å². The van der Waals surface area contributed by atoms with Crippen LogP contribution in [0.3, 0.4) is 0 Å². The molecule has 2 unspecified atom stereocenters. The van der Waals surface area contributed by atoms with Crippen molar-refractivity contribution >= 4 is 11.8 Å². The van der Waals surface area contributed by atoms with Crippen LogP contribution in [-0.4, -0.2) is 35.8 Å². The molecule has 18 heavy (non-hydrogen) atoms. The second-order valence-corrected chi connectivity index (χ2v) is 7.00. The summed E-state index contributed by atoms with van der Waals surface area (Å²) >= 11 is 2.11. The van der Waals surface area contributed by atoms with Crippen molar-refractivity contribution in [1.82, 2.24) is 5.32 Å². The fraction of sp³-hybridized carbons (Fsp3) is 0.929. The van der Waals surface area contributed by atoms with Crippen molar-refractivity contribution < 1.29 is 4.74 Å². The second kappa shape index (κ2) is 6.79. The molecule has 0 bridgehead atoms. The van der Waals surface area contributed by atoms with Crippen molar-refractivity contribution in [2.75, 3.05) is 19.8 Å².